The maximum Gasteiger partial charge on any atom is 0.282 e. The minimum absolute atomic E-state index is 0.250. The standard InChI is InChI=1S/C18H18F4N6O/c1-10-11(7-29)5-18(21,22)8-27(10)16-4-13(24-9-25-16)14-6-23-15-3-2-12(17(19)20)26-28(14)15/h2-4,6,9-11,17,29H,5,7-8H2,1H3. The van der Waals surface area contributed by atoms with Crippen LogP contribution >= 0.6 is 0 Å². The van der Waals surface area contributed by atoms with Gasteiger partial charge in [-0.1, -0.05) is 0 Å². The van der Waals surface area contributed by atoms with Gasteiger partial charge in [-0.15, -0.1) is 0 Å². The van der Waals surface area contributed by atoms with Crippen molar-refractivity contribution < 1.29 is 22.7 Å². The number of halogens is 4. The Morgan fingerprint density at radius 1 is 1.24 bits per heavy atom. The summed E-state index contributed by atoms with van der Waals surface area (Å²) >= 11 is 0. The van der Waals surface area contributed by atoms with E-state index in [9.17, 15) is 22.7 Å². The van der Waals surface area contributed by atoms with Gasteiger partial charge in [-0.3, -0.25) is 0 Å². The maximum absolute atomic E-state index is 14.2. The molecule has 1 aliphatic rings. The minimum atomic E-state index is -2.97. The molecule has 0 aromatic carbocycles. The Hall–Kier alpha value is -2.82. The first-order chi connectivity index (χ1) is 13.8. The average Bonchev–Trinajstić information content (AvgIpc) is 3.12. The second-order valence-electron chi connectivity index (χ2n) is 7.11. The Kier molecular flexibility index (Phi) is 4.85. The van der Waals surface area contributed by atoms with Gasteiger partial charge < -0.3 is 10.0 Å². The summed E-state index contributed by atoms with van der Waals surface area (Å²) < 4.78 is 55.6. The van der Waals surface area contributed by atoms with Crippen molar-refractivity contribution in [3.05, 3.63) is 36.4 Å². The molecule has 0 spiro atoms. The third-order valence-corrected chi connectivity index (χ3v) is 5.19. The lowest BCUT2D eigenvalue weighted by Crippen LogP contribution is -2.53. The van der Waals surface area contributed by atoms with Crippen molar-refractivity contribution in [1.29, 1.82) is 0 Å². The molecule has 0 saturated carbocycles. The van der Waals surface area contributed by atoms with Crippen LogP contribution in [-0.4, -0.2) is 54.8 Å². The predicted molar refractivity (Wildman–Crippen MR) is 95.9 cm³/mol. The van der Waals surface area contributed by atoms with E-state index >= 15 is 0 Å². The Morgan fingerprint density at radius 2 is 2.03 bits per heavy atom. The minimum Gasteiger partial charge on any atom is -0.396 e. The molecule has 1 N–H and O–H groups in total. The number of aliphatic hydroxyl groups is 1. The summed E-state index contributed by atoms with van der Waals surface area (Å²) in [7, 11) is 0. The number of aliphatic hydroxyl groups excluding tert-OH is 1. The van der Waals surface area contributed by atoms with Crippen LogP contribution in [0.5, 0.6) is 0 Å². The maximum atomic E-state index is 14.2. The second kappa shape index (κ2) is 7.21. The molecular weight excluding hydrogens is 392 g/mol. The van der Waals surface area contributed by atoms with Crippen LogP contribution in [0.4, 0.5) is 23.4 Å². The molecule has 29 heavy (non-hydrogen) atoms. The van der Waals surface area contributed by atoms with Crippen LogP contribution in [0.25, 0.3) is 17.0 Å². The van der Waals surface area contributed by atoms with E-state index in [4.69, 9.17) is 0 Å². The average molecular weight is 410 g/mol. The van der Waals surface area contributed by atoms with Gasteiger partial charge in [0.25, 0.3) is 12.3 Å². The molecule has 3 aromatic heterocycles. The van der Waals surface area contributed by atoms with Crippen molar-refractivity contribution in [3.63, 3.8) is 0 Å². The lowest BCUT2D eigenvalue weighted by molar-refractivity contribution is -0.0474. The molecule has 1 aliphatic heterocycles. The molecule has 0 bridgehead atoms. The molecule has 0 radical (unpaired) electrons. The third kappa shape index (κ3) is 3.61. The van der Waals surface area contributed by atoms with Gasteiger partial charge in [0.1, 0.15) is 23.5 Å². The lowest BCUT2D eigenvalue weighted by atomic mass is 9.88. The van der Waals surface area contributed by atoms with Crippen LogP contribution in [0.3, 0.4) is 0 Å². The normalized spacial score (nSPS) is 21.8. The molecule has 1 saturated heterocycles. The summed E-state index contributed by atoms with van der Waals surface area (Å²) in [5, 5.41) is 13.4. The summed E-state index contributed by atoms with van der Waals surface area (Å²) in [6.07, 6.45) is -0.502. The Bertz CT molecular complexity index is 1030. The zero-order valence-electron chi connectivity index (χ0n) is 15.4. The fraction of sp³-hybridized carbons (Fsp3) is 0.444. The highest BCUT2D eigenvalue weighted by molar-refractivity contribution is 5.62. The van der Waals surface area contributed by atoms with E-state index in [-0.39, 0.29) is 18.5 Å². The molecule has 2 unspecified atom stereocenters. The Labute approximate surface area is 163 Å². The zero-order chi connectivity index (χ0) is 20.8. The number of piperidine rings is 1. The second-order valence-corrected chi connectivity index (χ2v) is 7.11. The van der Waals surface area contributed by atoms with Crippen LogP contribution in [-0.2, 0) is 0 Å². The summed E-state index contributed by atoms with van der Waals surface area (Å²) in [6, 6.07) is 3.73. The highest BCUT2D eigenvalue weighted by Gasteiger charge is 2.44. The van der Waals surface area contributed by atoms with Crippen LogP contribution in [0, 0.1) is 5.92 Å². The van der Waals surface area contributed by atoms with Crippen LogP contribution in [0.1, 0.15) is 25.5 Å². The van der Waals surface area contributed by atoms with Crippen molar-refractivity contribution in [2.24, 2.45) is 5.92 Å². The van der Waals surface area contributed by atoms with E-state index in [1.165, 1.54) is 40.1 Å². The van der Waals surface area contributed by atoms with E-state index in [1.54, 1.807) is 6.92 Å². The molecule has 4 heterocycles. The zero-order valence-corrected chi connectivity index (χ0v) is 15.4. The van der Waals surface area contributed by atoms with Crippen molar-refractivity contribution in [1.82, 2.24) is 24.6 Å². The topological polar surface area (TPSA) is 79.4 Å². The predicted octanol–water partition coefficient (Wildman–Crippen LogP) is 2.97. The SMILES string of the molecule is CC1C(CO)CC(F)(F)CN1c1cc(-c2cnc3ccc(C(F)F)nn23)ncn1. The van der Waals surface area contributed by atoms with Crippen LogP contribution in [0.15, 0.2) is 30.7 Å². The molecular formula is C18H18F4N6O. The fourth-order valence-corrected chi connectivity index (χ4v) is 3.60. The number of anilines is 1. The Morgan fingerprint density at radius 3 is 2.76 bits per heavy atom. The smallest absolute Gasteiger partial charge is 0.282 e. The van der Waals surface area contributed by atoms with Crippen molar-refractivity contribution in [2.75, 3.05) is 18.1 Å². The number of hydrogen-bond donors (Lipinski definition) is 1. The number of nitrogens with zero attached hydrogens (tertiary/aromatic N) is 6. The van der Waals surface area contributed by atoms with Gasteiger partial charge in [-0.2, -0.15) is 5.10 Å². The van der Waals surface area contributed by atoms with Crippen molar-refractivity contribution in [3.8, 4) is 11.4 Å². The molecule has 11 heteroatoms. The van der Waals surface area contributed by atoms with Gasteiger partial charge in [0, 0.05) is 31.1 Å². The molecule has 0 aliphatic carbocycles. The Balaban J connectivity index is 1.74. The monoisotopic (exact) mass is 410 g/mol. The number of imidazole rings is 1. The summed E-state index contributed by atoms with van der Waals surface area (Å²) in [5.74, 6) is -3.33. The fourth-order valence-electron chi connectivity index (χ4n) is 3.60. The number of rotatable bonds is 4. The molecule has 1 fully saturated rings. The number of fused-ring (bicyclic) bond motifs is 1. The molecule has 154 valence electrons. The van der Waals surface area contributed by atoms with E-state index in [2.05, 4.69) is 20.1 Å². The number of alkyl halides is 4. The summed E-state index contributed by atoms with van der Waals surface area (Å²) in [5.41, 5.74) is 0.577. The van der Waals surface area contributed by atoms with E-state index in [0.29, 0.717) is 17.0 Å². The van der Waals surface area contributed by atoms with E-state index in [0.717, 1.165) is 0 Å². The van der Waals surface area contributed by atoms with Gasteiger partial charge in [-0.05, 0) is 19.1 Å². The molecule has 4 rings (SSSR count). The third-order valence-electron chi connectivity index (χ3n) is 5.19. The number of aromatic nitrogens is 5. The highest BCUT2D eigenvalue weighted by atomic mass is 19.3. The van der Waals surface area contributed by atoms with Crippen molar-refractivity contribution in [2.45, 2.75) is 31.7 Å². The quantitative estimate of drug-likeness (QED) is 0.667. The van der Waals surface area contributed by atoms with Crippen molar-refractivity contribution >= 4 is 11.5 Å². The summed E-state index contributed by atoms with van der Waals surface area (Å²) in [6.45, 7) is 0.851. The van der Waals surface area contributed by atoms with Gasteiger partial charge in [-0.25, -0.2) is 37.0 Å². The first-order valence-corrected chi connectivity index (χ1v) is 8.99. The van der Waals surface area contributed by atoms with E-state index < -0.39 is 36.9 Å². The van der Waals surface area contributed by atoms with Crippen LogP contribution < -0.4 is 4.90 Å². The van der Waals surface area contributed by atoms with Crippen LogP contribution in [0.2, 0.25) is 0 Å². The molecule has 2 atom stereocenters. The first-order valence-electron chi connectivity index (χ1n) is 8.99. The van der Waals surface area contributed by atoms with Gasteiger partial charge >= 0.3 is 0 Å². The first kappa shape index (κ1) is 19.5. The van der Waals surface area contributed by atoms with E-state index in [1.807, 2.05) is 0 Å². The molecule has 7 nitrogen and oxygen atoms in total. The van der Waals surface area contributed by atoms with Gasteiger partial charge in [0.05, 0.1) is 18.4 Å². The van der Waals surface area contributed by atoms with Gasteiger partial charge in [0.15, 0.2) is 5.65 Å². The lowest BCUT2D eigenvalue weighted by Gasteiger charge is -2.43. The molecule has 3 aromatic rings. The highest BCUT2D eigenvalue weighted by Crippen LogP contribution is 2.36. The number of hydrogen-bond acceptors (Lipinski definition) is 6. The summed E-state index contributed by atoms with van der Waals surface area (Å²) in [4.78, 5) is 13.8. The largest absolute Gasteiger partial charge is 0.396 e. The van der Waals surface area contributed by atoms with Gasteiger partial charge in [0.2, 0.25) is 0 Å². The molecule has 0 amide bonds.